The van der Waals surface area contributed by atoms with Crippen LogP contribution in [0.1, 0.15) is 39.0 Å². The summed E-state index contributed by atoms with van der Waals surface area (Å²) < 4.78 is 5.17. The first-order valence-corrected chi connectivity index (χ1v) is 6.70. The van der Waals surface area contributed by atoms with Crippen molar-refractivity contribution < 1.29 is 19.4 Å². The van der Waals surface area contributed by atoms with Gasteiger partial charge in [-0.3, -0.25) is 9.59 Å². The molecule has 1 aliphatic carbocycles. The molecule has 2 unspecified atom stereocenters. The summed E-state index contributed by atoms with van der Waals surface area (Å²) in [5, 5.41) is 12.0. The molecule has 2 aliphatic rings. The van der Waals surface area contributed by atoms with Gasteiger partial charge in [-0.1, -0.05) is 19.8 Å². The molecule has 0 aromatic heterocycles. The second-order valence-electron chi connectivity index (χ2n) is 5.40. The van der Waals surface area contributed by atoms with Crippen LogP contribution in [-0.4, -0.2) is 36.2 Å². The molecule has 0 aromatic carbocycles. The van der Waals surface area contributed by atoms with E-state index in [2.05, 4.69) is 5.32 Å². The molecule has 1 aliphatic heterocycles. The summed E-state index contributed by atoms with van der Waals surface area (Å²) in [5.41, 5.74) is -0.272. The molecule has 1 saturated carbocycles. The van der Waals surface area contributed by atoms with Gasteiger partial charge in [-0.25, -0.2) is 0 Å². The number of aliphatic carboxylic acids is 1. The fourth-order valence-electron chi connectivity index (χ4n) is 3.05. The Labute approximate surface area is 107 Å². The lowest BCUT2D eigenvalue weighted by Gasteiger charge is -2.28. The number of carbonyl (C=O) groups is 2. The van der Waals surface area contributed by atoms with Crippen molar-refractivity contribution in [3.8, 4) is 0 Å². The summed E-state index contributed by atoms with van der Waals surface area (Å²) in [6.45, 7) is 2.53. The molecule has 0 aromatic rings. The number of ether oxygens (including phenoxy) is 1. The van der Waals surface area contributed by atoms with Crippen molar-refractivity contribution in [1.29, 1.82) is 0 Å². The van der Waals surface area contributed by atoms with Crippen molar-refractivity contribution >= 4 is 11.9 Å². The smallest absolute Gasteiger partial charge is 0.311 e. The van der Waals surface area contributed by atoms with Gasteiger partial charge in [0.2, 0.25) is 5.91 Å². The van der Waals surface area contributed by atoms with Gasteiger partial charge < -0.3 is 15.2 Å². The fraction of sp³-hybridized carbons (Fsp3) is 0.846. The molecule has 1 amide bonds. The maximum absolute atomic E-state index is 12.4. The summed E-state index contributed by atoms with van der Waals surface area (Å²) >= 11 is 0. The number of nitrogens with one attached hydrogen (secondary N) is 1. The molecule has 0 spiro atoms. The molecule has 1 heterocycles. The van der Waals surface area contributed by atoms with Crippen LogP contribution in [0.5, 0.6) is 0 Å². The second kappa shape index (κ2) is 5.26. The van der Waals surface area contributed by atoms with Crippen LogP contribution in [0.4, 0.5) is 0 Å². The van der Waals surface area contributed by atoms with E-state index in [0.717, 1.165) is 32.1 Å². The topological polar surface area (TPSA) is 75.6 Å². The summed E-state index contributed by atoms with van der Waals surface area (Å²) in [4.78, 5) is 23.4. The zero-order chi connectivity index (χ0) is 13.2. The van der Waals surface area contributed by atoms with Crippen LogP contribution in [-0.2, 0) is 14.3 Å². The predicted molar refractivity (Wildman–Crippen MR) is 65.1 cm³/mol. The van der Waals surface area contributed by atoms with Crippen molar-refractivity contribution in [3.05, 3.63) is 0 Å². The number of carboxylic acid groups (broad SMARTS) is 1. The van der Waals surface area contributed by atoms with Gasteiger partial charge in [0.1, 0.15) is 5.92 Å². The van der Waals surface area contributed by atoms with E-state index in [-0.39, 0.29) is 24.0 Å². The minimum absolute atomic E-state index is 0.0178. The van der Waals surface area contributed by atoms with Gasteiger partial charge in [-0.05, 0) is 19.3 Å². The lowest BCUT2D eigenvalue weighted by Crippen LogP contribution is -2.48. The van der Waals surface area contributed by atoms with E-state index in [1.54, 1.807) is 0 Å². The Morgan fingerprint density at radius 1 is 1.33 bits per heavy atom. The number of hydrogen-bond donors (Lipinski definition) is 2. The molecule has 0 radical (unpaired) electrons. The van der Waals surface area contributed by atoms with Gasteiger partial charge in [0.15, 0.2) is 0 Å². The van der Waals surface area contributed by atoms with Crippen LogP contribution in [0, 0.1) is 11.3 Å². The molecule has 1 saturated heterocycles. The van der Waals surface area contributed by atoms with Gasteiger partial charge in [-0.2, -0.15) is 0 Å². The first kappa shape index (κ1) is 13.3. The number of hydrogen-bond acceptors (Lipinski definition) is 3. The second-order valence-corrected chi connectivity index (χ2v) is 5.40. The quantitative estimate of drug-likeness (QED) is 0.790. The third-order valence-electron chi connectivity index (χ3n) is 4.43. The zero-order valence-electron chi connectivity index (χ0n) is 10.8. The summed E-state index contributed by atoms with van der Waals surface area (Å²) in [5.74, 6) is -1.48. The van der Waals surface area contributed by atoms with E-state index >= 15 is 0 Å². The zero-order valence-corrected chi connectivity index (χ0v) is 10.8. The van der Waals surface area contributed by atoms with Crippen LogP contribution >= 0.6 is 0 Å². The van der Waals surface area contributed by atoms with Gasteiger partial charge in [0, 0.05) is 5.41 Å². The molecule has 0 bridgehead atoms. The maximum Gasteiger partial charge on any atom is 0.311 e. The Kier molecular flexibility index (Phi) is 3.90. The normalized spacial score (nSPS) is 30.3. The Bertz CT molecular complexity index is 336. The predicted octanol–water partition coefficient (Wildman–Crippen LogP) is 1.17. The molecule has 2 atom stereocenters. The van der Waals surface area contributed by atoms with Gasteiger partial charge in [0.05, 0.1) is 19.3 Å². The lowest BCUT2D eigenvalue weighted by molar-refractivity contribution is -0.142. The minimum Gasteiger partial charge on any atom is -0.481 e. The number of rotatable bonds is 4. The van der Waals surface area contributed by atoms with Gasteiger partial charge in [0.25, 0.3) is 0 Å². The molecule has 102 valence electrons. The van der Waals surface area contributed by atoms with Crippen molar-refractivity contribution in [3.63, 3.8) is 0 Å². The third kappa shape index (κ3) is 2.36. The van der Waals surface area contributed by atoms with Crippen molar-refractivity contribution in [2.24, 2.45) is 11.3 Å². The summed E-state index contributed by atoms with van der Waals surface area (Å²) in [6, 6.07) is -0.376. The van der Waals surface area contributed by atoms with Crippen molar-refractivity contribution in [2.45, 2.75) is 45.1 Å². The SMILES string of the molecule is CCC1(C(=O)NC2COCC2C(=O)O)CCCC1. The van der Waals surface area contributed by atoms with Crippen LogP contribution in [0.15, 0.2) is 0 Å². The molecule has 5 heteroatoms. The standard InChI is InChI=1S/C13H21NO4/c1-2-13(5-3-4-6-13)12(17)14-10-8-18-7-9(10)11(15)16/h9-10H,2-8H2,1H3,(H,14,17)(H,15,16). The molecule has 2 fully saturated rings. The Morgan fingerprint density at radius 3 is 2.56 bits per heavy atom. The van der Waals surface area contributed by atoms with Crippen molar-refractivity contribution in [2.75, 3.05) is 13.2 Å². The first-order chi connectivity index (χ1) is 8.59. The van der Waals surface area contributed by atoms with E-state index in [0.29, 0.717) is 6.61 Å². The van der Waals surface area contributed by atoms with E-state index in [9.17, 15) is 9.59 Å². The molecular formula is C13H21NO4. The Morgan fingerprint density at radius 2 is 2.00 bits per heavy atom. The Balaban J connectivity index is 2.00. The van der Waals surface area contributed by atoms with Gasteiger partial charge >= 0.3 is 5.97 Å². The van der Waals surface area contributed by atoms with Crippen LogP contribution < -0.4 is 5.32 Å². The van der Waals surface area contributed by atoms with Crippen LogP contribution in [0.25, 0.3) is 0 Å². The van der Waals surface area contributed by atoms with E-state index in [1.807, 2.05) is 6.92 Å². The summed E-state index contributed by atoms with van der Waals surface area (Å²) in [6.07, 6.45) is 4.83. The van der Waals surface area contributed by atoms with Crippen molar-refractivity contribution in [1.82, 2.24) is 5.32 Å². The highest BCUT2D eigenvalue weighted by molar-refractivity contribution is 5.84. The monoisotopic (exact) mass is 255 g/mol. The molecular weight excluding hydrogens is 234 g/mol. The average molecular weight is 255 g/mol. The highest BCUT2D eigenvalue weighted by Crippen LogP contribution is 2.41. The highest BCUT2D eigenvalue weighted by atomic mass is 16.5. The number of carbonyl (C=O) groups excluding carboxylic acids is 1. The third-order valence-corrected chi connectivity index (χ3v) is 4.43. The van der Waals surface area contributed by atoms with E-state index < -0.39 is 11.9 Å². The highest BCUT2D eigenvalue weighted by Gasteiger charge is 2.42. The molecule has 2 rings (SSSR count). The summed E-state index contributed by atoms with van der Waals surface area (Å²) in [7, 11) is 0. The molecule has 2 N–H and O–H groups in total. The van der Waals surface area contributed by atoms with E-state index in [1.165, 1.54) is 0 Å². The fourth-order valence-corrected chi connectivity index (χ4v) is 3.05. The minimum atomic E-state index is -0.894. The van der Waals surface area contributed by atoms with E-state index in [4.69, 9.17) is 9.84 Å². The largest absolute Gasteiger partial charge is 0.481 e. The number of amides is 1. The molecule has 5 nitrogen and oxygen atoms in total. The van der Waals surface area contributed by atoms with Gasteiger partial charge in [-0.15, -0.1) is 0 Å². The average Bonchev–Trinajstić information content (AvgIpc) is 2.97. The first-order valence-electron chi connectivity index (χ1n) is 6.70. The Hall–Kier alpha value is -1.10. The maximum atomic E-state index is 12.4. The molecule has 18 heavy (non-hydrogen) atoms. The lowest BCUT2D eigenvalue weighted by atomic mass is 9.82. The van der Waals surface area contributed by atoms with Crippen LogP contribution in [0.2, 0.25) is 0 Å². The number of carboxylic acids is 1. The van der Waals surface area contributed by atoms with Crippen LogP contribution in [0.3, 0.4) is 0 Å².